The van der Waals surface area contributed by atoms with E-state index < -0.39 is 0 Å². The van der Waals surface area contributed by atoms with E-state index in [9.17, 15) is 0 Å². The lowest BCUT2D eigenvalue weighted by Gasteiger charge is -2.35. The molecule has 6 heteroatoms. The van der Waals surface area contributed by atoms with E-state index >= 15 is 0 Å². The van der Waals surface area contributed by atoms with Crippen molar-refractivity contribution in [2.45, 2.75) is 6.54 Å². The highest BCUT2D eigenvalue weighted by atomic mass is 35.5. The maximum Gasteiger partial charge on any atom is 0.138 e. The third kappa shape index (κ3) is 3.05. The second kappa shape index (κ2) is 5.86. The van der Waals surface area contributed by atoms with E-state index in [0.29, 0.717) is 4.34 Å². The molecule has 1 aliphatic rings. The van der Waals surface area contributed by atoms with E-state index in [4.69, 9.17) is 11.6 Å². The summed E-state index contributed by atoms with van der Waals surface area (Å²) in [7, 11) is 0. The summed E-state index contributed by atoms with van der Waals surface area (Å²) < 4.78 is 4.59. The number of nitrogens with zero attached hydrogens (tertiary/aromatic N) is 4. The first-order chi connectivity index (χ1) is 9.33. The van der Waals surface area contributed by atoms with E-state index in [2.05, 4.69) is 49.7 Å². The summed E-state index contributed by atoms with van der Waals surface area (Å²) in [5.74, 6) is 0. The zero-order chi connectivity index (χ0) is 13.1. The molecular formula is C13H15ClN4S. The molecule has 100 valence electrons. The van der Waals surface area contributed by atoms with Crippen LogP contribution in [0.4, 0.5) is 5.69 Å². The van der Waals surface area contributed by atoms with Crippen LogP contribution < -0.4 is 4.90 Å². The molecule has 0 spiro atoms. The first kappa shape index (κ1) is 12.8. The average molecular weight is 295 g/mol. The fourth-order valence-corrected chi connectivity index (χ4v) is 2.92. The van der Waals surface area contributed by atoms with Gasteiger partial charge in [-0.15, -0.1) is 5.10 Å². The van der Waals surface area contributed by atoms with E-state index in [1.165, 1.54) is 17.2 Å². The Labute approximate surface area is 121 Å². The maximum atomic E-state index is 6.04. The van der Waals surface area contributed by atoms with Crippen LogP contribution in [0, 0.1) is 0 Å². The van der Waals surface area contributed by atoms with Gasteiger partial charge in [-0.25, -0.2) is 0 Å². The molecule has 0 saturated carbocycles. The number of hydrogen-bond acceptors (Lipinski definition) is 5. The molecule has 1 saturated heterocycles. The van der Waals surface area contributed by atoms with E-state index in [0.717, 1.165) is 38.4 Å². The molecule has 1 aromatic carbocycles. The van der Waals surface area contributed by atoms with Crippen LogP contribution in [0.2, 0.25) is 4.34 Å². The van der Waals surface area contributed by atoms with Crippen molar-refractivity contribution in [3.8, 4) is 0 Å². The first-order valence-corrected chi connectivity index (χ1v) is 7.47. The minimum absolute atomic E-state index is 0.713. The molecule has 0 amide bonds. The van der Waals surface area contributed by atoms with Gasteiger partial charge in [-0.2, -0.15) is 0 Å². The van der Waals surface area contributed by atoms with Gasteiger partial charge in [0.05, 0.1) is 0 Å². The van der Waals surface area contributed by atoms with E-state index in [1.807, 2.05) is 0 Å². The normalized spacial score (nSPS) is 16.8. The topological polar surface area (TPSA) is 32.3 Å². The van der Waals surface area contributed by atoms with Gasteiger partial charge in [-0.1, -0.05) is 34.3 Å². The number of anilines is 1. The number of benzene rings is 1. The van der Waals surface area contributed by atoms with Crippen LogP contribution in [0.25, 0.3) is 0 Å². The molecule has 2 heterocycles. The molecular weight excluding hydrogens is 280 g/mol. The van der Waals surface area contributed by atoms with Gasteiger partial charge in [0.25, 0.3) is 0 Å². The number of para-hydroxylation sites is 1. The zero-order valence-electron chi connectivity index (χ0n) is 10.5. The van der Waals surface area contributed by atoms with Crippen molar-refractivity contribution in [3.05, 3.63) is 40.4 Å². The molecule has 1 aliphatic heterocycles. The van der Waals surface area contributed by atoms with Crippen LogP contribution in [0.3, 0.4) is 0 Å². The summed E-state index contributed by atoms with van der Waals surface area (Å²) in [6.45, 7) is 4.95. The van der Waals surface area contributed by atoms with Crippen molar-refractivity contribution in [3.63, 3.8) is 0 Å². The second-order valence-corrected chi connectivity index (χ2v) is 5.95. The molecule has 1 fully saturated rings. The Morgan fingerprint density at radius 1 is 1.11 bits per heavy atom. The highest BCUT2D eigenvalue weighted by molar-refractivity contribution is 7.10. The minimum atomic E-state index is 0.713. The van der Waals surface area contributed by atoms with Gasteiger partial charge in [0.1, 0.15) is 10.0 Å². The molecule has 0 aliphatic carbocycles. The van der Waals surface area contributed by atoms with Crippen molar-refractivity contribution in [1.29, 1.82) is 0 Å². The lowest BCUT2D eigenvalue weighted by molar-refractivity contribution is 0.247. The SMILES string of the molecule is Clc1snnc1CN1CCN(c2ccccc2)CC1. The maximum absolute atomic E-state index is 6.04. The summed E-state index contributed by atoms with van der Waals surface area (Å²) in [5.41, 5.74) is 2.20. The summed E-state index contributed by atoms with van der Waals surface area (Å²) in [4.78, 5) is 4.79. The predicted molar refractivity (Wildman–Crippen MR) is 78.9 cm³/mol. The Balaban J connectivity index is 1.57. The second-order valence-electron chi connectivity index (χ2n) is 4.59. The van der Waals surface area contributed by atoms with Gasteiger partial charge < -0.3 is 4.90 Å². The monoisotopic (exact) mass is 294 g/mol. The van der Waals surface area contributed by atoms with E-state index in [1.54, 1.807) is 0 Å². The lowest BCUT2D eigenvalue weighted by atomic mass is 10.2. The summed E-state index contributed by atoms with van der Waals surface area (Å²) in [6.07, 6.45) is 0. The molecule has 0 unspecified atom stereocenters. The molecule has 19 heavy (non-hydrogen) atoms. The van der Waals surface area contributed by atoms with Gasteiger partial charge in [0, 0.05) is 49.9 Å². The van der Waals surface area contributed by atoms with Crippen molar-refractivity contribution >= 4 is 28.8 Å². The largest absolute Gasteiger partial charge is 0.369 e. The quantitative estimate of drug-likeness (QED) is 0.871. The molecule has 3 rings (SSSR count). The van der Waals surface area contributed by atoms with Crippen LogP contribution in [0.1, 0.15) is 5.69 Å². The zero-order valence-corrected chi connectivity index (χ0v) is 12.1. The molecule has 0 N–H and O–H groups in total. The van der Waals surface area contributed by atoms with Crippen molar-refractivity contribution in [1.82, 2.24) is 14.5 Å². The Kier molecular flexibility index (Phi) is 3.96. The van der Waals surface area contributed by atoms with Crippen LogP contribution in [-0.2, 0) is 6.54 Å². The van der Waals surface area contributed by atoms with Gasteiger partial charge in [0.15, 0.2) is 0 Å². The molecule has 2 aromatic rings. The Morgan fingerprint density at radius 3 is 2.47 bits per heavy atom. The number of halogens is 1. The average Bonchev–Trinajstić information content (AvgIpc) is 2.86. The predicted octanol–water partition coefficient (Wildman–Crippen LogP) is 2.51. The fourth-order valence-electron chi connectivity index (χ4n) is 2.31. The van der Waals surface area contributed by atoms with Gasteiger partial charge in [-0.05, 0) is 12.1 Å². The fraction of sp³-hybridized carbons (Fsp3) is 0.385. The third-order valence-electron chi connectivity index (χ3n) is 3.38. The number of rotatable bonds is 3. The molecule has 0 atom stereocenters. The van der Waals surface area contributed by atoms with E-state index in [-0.39, 0.29) is 0 Å². The third-order valence-corrected chi connectivity index (χ3v) is 4.36. The molecule has 0 radical (unpaired) electrons. The Bertz CT molecular complexity index is 522. The highest BCUT2D eigenvalue weighted by Crippen LogP contribution is 2.20. The lowest BCUT2D eigenvalue weighted by Crippen LogP contribution is -2.46. The summed E-state index contributed by atoms with van der Waals surface area (Å²) >= 11 is 7.30. The van der Waals surface area contributed by atoms with Gasteiger partial charge in [-0.3, -0.25) is 4.90 Å². The van der Waals surface area contributed by atoms with Crippen molar-refractivity contribution in [2.24, 2.45) is 0 Å². The first-order valence-electron chi connectivity index (χ1n) is 6.32. The molecule has 4 nitrogen and oxygen atoms in total. The highest BCUT2D eigenvalue weighted by Gasteiger charge is 2.19. The smallest absolute Gasteiger partial charge is 0.138 e. The standard InChI is InChI=1S/C13H15ClN4S/c14-13-12(15-16-19-13)10-17-6-8-18(9-7-17)11-4-2-1-3-5-11/h1-5H,6-10H2. The van der Waals surface area contributed by atoms with Gasteiger partial charge >= 0.3 is 0 Å². The van der Waals surface area contributed by atoms with Crippen LogP contribution in [0.15, 0.2) is 30.3 Å². The Morgan fingerprint density at radius 2 is 1.84 bits per heavy atom. The number of aromatic nitrogens is 2. The minimum Gasteiger partial charge on any atom is -0.369 e. The number of hydrogen-bond donors (Lipinski definition) is 0. The Hall–Kier alpha value is -1.17. The van der Waals surface area contributed by atoms with Crippen LogP contribution >= 0.6 is 23.1 Å². The van der Waals surface area contributed by atoms with Crippen LogP contribution in [-0.4, -0.2) is 40.7 Å². The van der Waals surface area contributed by atoms with Gasteiger partial charge in [0.2, 0.25) is 0 Å². The van der Waals surface area contributed by atoms with Crippen molar-refractivity contribution in [2.75, 3.05) is 31.1 Å². The van der Waals surface area contributed by atoms with Crippen LogP contribution in [0.5, 0.6) is 0 Å². The van der Waals surface area contributed by atoms with Crippen molar-refractivity contribution < 1.29 is 0 Å². The molecule has 0 bridgehead atoms. The number of piperazine rings is 1. The summed E-state index contributed by atoms with van der Waals surface area (Å²) in [6, 6.07) is 10.6. The summed E-state index contributed by atoms with van der Waals surface area (Å²) in [5, 5.41) is 4.07. The molecule has 1 aromatic heterocycles.